The lowest BCUT2D eigenvalue weighted by Gasteiger charge is -2.57. The number of carboxylic acid groups (broad SMARTS) is 1. The summed E-state index contributed by atoms with van der Waals surface area (Å²) >= 11 is 0. The Morgan fingerprint density at radius 1 is 1.39 bits per heavy atom. The molecule has 0 spiro atoms. The highest BCUT2D eigenvalue weighted by atomic mass is 16.4. The second kappa shape index (κ2) is 6.80. The highest BCUT2D eigenvalue weighted by Gasteiger charge is 2.57. The summed E-state index contributed by atoms with van der Waals surface area (Å²) in [5.41, 5.74) is 1.96. The van der Waals surface area contributed by atoms with Gasteiger partial charge in [0.1, 0.15) is 0 Å². The number of aliphatic carboxylic acids is 1. The third-order valence-electron chi connectivity index (χ3n) is 6.78. The summed E-state index contributed by atoms with van der Waals surface area (Å²) in [4.78, 5) is 12.0. The molecule has 2 N–H and O–H groups in total. The monoisotopic (exact) mass is 320 g/mol. The van der Waals surface area contributed by atoms with Crippen molar-refractivity contribution in [2.24, 2.45) is 22.7 Å². The third-order valence-corrected chi connectivity index (χ3v) is 6.78. The molecule has 2 aliphatic rings. The van der Waals surface area contributed by atoms with Crippen molar-refractivity contribution in [3.63, 3.8) is 0 Å². The zero-order valence-electron chi connectivity index (χ0n) is 14.9. The number of aliphatic hydroxyl groups is 1. The smallest absolute Gasteiger partial charge is 0.309 e. The van der Waals surface area contributed by atoms with Crippen molar-refractivity contribution in [3.8, 4) is 0 Å². The summed E-state index contributed by atoms with van der Waals surface area (Å²) in [7, 11) is 0. The van der Waals surface area contributed by atoms with Gasteiger partial charge in [-0.3, -0.25) is 4.79 Å². The minimum atomic E-state index is -0.629. The molecule has 0 bridgehead atoms. The van der Waals surface area contributed by atoms with E-state index in [0.29, 0.717) is 5.92 Å². The van der Waals surface area contributed by atoms with E-state index < -0.39 is 11.4 Å². The predicted octanol–water partition coefficient (Wildman–Crippen LogP) is 4.57. The molecule has 130 valence electrons. The van der Waals surface area contributed by atoms with Gasteiger partial charge in [0.05, 0.1) is 12.0 Å². The molecule has 3 nitrogen and oxygen atoms in total. The second-order valence-corrected chi connectivity index (χ2v) is 8.16. The fourth-order valence-electron chi connectivity index (χ4n) is 5.37. The van der Waals surface area contributed by atoms with Gasteiger partial charge in [0, 0.05) is 0 Å². The maximum atomic E-state index is 12.0. The van der Waals surface area contributed by atoms with Crippen molar-refractivity contribution < 1.29 is 15.0 Å². The SMILES string of the molecule is C=C1CC[C@H]2[C@@](C)(CCC[C@@]2(C)C(=O)O)[C@@H]1CC/C(C)=C\CO. The molecule has 2 aliphatic carbocycles. The standard InChI is InChI=1S/C20H32O3/c1-14(10-13-21)6-8-16-15(2)7-9-17-19(16,3)11-5-12-20(17,4)18(22)23/h10,16-17,21H,2,5-9,11-13H2,1,3-4H3,(H,22,23)/b14-10-/t16-,17+,19+,20-/m1/s1. The van der Waals surface area contributed by atoms with Crippen molar-refractivity contribution in [2.45, 2.75) is 65.7 Å². The first-order valence-electron chi connectivity index (χ1n) is 8.93. The number of carboxylic acids is 1. The zero-order valence-corrected chi connectivity index (χ0v) is 14.9. The number of rotatable bonds is 5. The highest BCUT2D eigenvalue weighted by Crippen LogP contribution is 2.62. The van der Waals surface area contributed by atoms with Crippen LogP contribution in [0.15, 0.2) is 23.8 Å². The summed E-state index contributed by atoms with van der Waals surface area (Å²) in [5.74, 6) is -0.00260. The van der Waals surface area contributed by atoms with Gasteiger partial charge in [-0.05, 0) is 69.6 Å². The van der Waals surface area contributed by atoms with Gasteiger partial charge in [-0.15, -0.1) is 0 Å². The molecule has 0 radical (unpaired) electrons. The first-order chi connectivity index (χ1) is 10.8. The predicted molar refractivity (Wildman–Crippen MR) is 93.1 cm³/mol. The van der Waals surface area contributed by atoms with Gasteiger partial charge in [-0.25, -0.2) is 0 Å². The van der Waals surface area contributed by atoms with Crippen molar-refractivity contribution in [1.29, 1.82) is 0 Å². The van der Waals surface area contributed by atoms with Gasteiger partial charge < -0.3 is 10.2 Å². The van der Waals surface area contributed by atoms with Crippen LogP contribution in [0.2, 0.25) is 0 Å². The Bertz CT molecular complexity index is 507. The van der Waals surface area contributed by atoms with Gasteiger partial charge in [0.2, 0.25) is 0 Å². The Balaban J connectivity index is 2.26. The van der Waals surface area contributed by atoms with Crippen molar-refractivity contribution in [3.05, 3.63) is 23.8 Å². The molecule has 2 rings (SSSR count). The number of allylic oxidation sites excluding steroid dienone is 2. The van der Waals surface area contributed by atoms with Crippen LogP contribution in [-0.4, -0.2) is 22.8 Å². The van der Waals surface area contributed by atoms with Crippen LogP contribution in [0, 0.1) is 22.7 Å². The molecule has 4 atom stereocenters. The van der Waals surface area contributed by atoms with Crippen molar-refractivity contribution in [1.82, 2.24) is 0 Å². The topological polar surface area (TPSA) is 57.5 Å². The third kappa shape index (κ3) is 3.26. The van der Waals surface area contributed by atoms with E-state index in [9.17, 15) is 9.90 Å². The fraction of sp³-hybridized carbons (Fsp3) is 0.750. The largest absolute Gasteiger partial charge is 0.481 e. The van der Waals surface area contributed by atoms with Crippen LogP contribution in [0.1, 0.15) is 65.7 Å². The van der Waals surface area contributed by atoms with E-state index in [1.807, 2.05) is 13.0 Å². The maximum absolute atomic E-state index is 12.0. The van der Waals surface area contributed by atoms with Gasteiger partial charge in [0.25, 0.3) is 0 Å². The Kier molecular flexibility index (Phi) is 5.40. The van der Waals surface area contributed by atoms with Crippen LogP contribution >= 0.6 is 0 Å². The summed E-state index contributed by atoms with van der Waals surface area (Å²) in [6.45, 7) is 10.7. The number of hydrogen-bond donors (Lipinski definition) is 2. The minimum Gasteiger partial charge on any atom is -0.481 e. The number of aliphatic hydroxyl groups excluding tert-OH is 1. The molecular weight excluding hydrogens is 288 g/mol. The Morgan fingerprint density at radius 2 is 2.09 bits per heavy atom. The molecule has 3 heteroatoms. The second-order valence-electron chi connectivity index (χ2n) is 8.16. The molecule has 0 unspecified atom stereocenters. The van der Waals surface area contributed by atoms with Crippen LogP contribution in [-0.2, 0) is 4.79 Å². The summed E-state index contributed by atoms with van der Waals surface area (Å²) in [5, 5.41) is 18.9. The van der Waals surface area contributed by atoms with Gasteiger partial charge in [0.15, 0.2) is 0 Å². The molecule has 0 heterocycles. The van der Waals surface area contributed by atoms with E-state index in [0.717, 1.165) is 44.9 Å². The van der Waals surface area contributed by atoms with E-state index >= 15 is 0 Å². The fourth-order valence-corrected chi connectivity index (χ4v) is 5.37. The van der Waals surface area contributed by atoms with E-state index in [2.05, 4.69) is 20.4 Å². The van der Waals surface area contributed by atoms with E-state index in [1.54, 1.807) is 0 Å². The maximum Gasteiger partial charge on any atom is 0.309 e. The van der Waals surface area contributed by atoms with E-state index in [-0.39, 0.29) is 17.9 Å². The van der Waals surface area contributed by atoms with Crippen LogP contribution in [0.5, 0.6) is 0 Å². The van der Waals surface area contributed by atoms with Gasteiger partial charge in [-0.1, -0.05) is 37.1 Å². The van der Waals surface area contributed by atoms with Crippen LogP contribution < -0.4 is 0 Å². The Hall–Kier alpha value is -1.09. The van der Waals surface area contributed by atoms with Crippen LogP contribution in [0.25, 0.3) is 0 Å². The number of fused-ring (bicyclic) bond motifs is 1. The molecule has 0 amide bonds. The molecular formula is C20H32O3. The van der Waals surface area contributed by atoms with E-state index in [1.165, 1.54) is 11.1 Å². The first kappa shape index (κ1) is 18.3. The van der Waals surface area contributed by atoms with Crippen molar-refractivity contribution in [2.75, 3.05) is 6.61 Å². The molecule has 0 aromatic rings. The minimum absolute atomic E-state index is 0.0419. The Labute approximate surface area is 140 Å². The summed E-state index contributed by atoms with van der Waals surface area (Å²) < 4.78 is 0. The molecule has 0 aliphatic heterocycles. The normalized spacial score (nSPS) is 38.3. The van der Waals surface area contributed by atoms with Gasteiger partial charge >= 0.3 is 5.97 Å². The summed E-state index contributed by atoms with van der Waals surface area (Å²) in [6, 6.07) is 0. The summed E-state index contributed by atoms with van der Waals surface area (Å²) in [6.07, 6.45) is 8.65. The molecule has 2 fully saturated rings. The molecule has 0 aromatic heterocycles. The molecule has 0 aromatic carbocycles. The average molecular weight is 320 g/mol. The molecule has 0 saturated heterocycles. The van der Waals surface area contributed by atoms with Gasteiger partial charge in [-0.2, -0.15) is 0 Å². The first-order valence-corrected chi connectivity index (χ1v) is 8.93. The van der Waals surface area contributed by atoms with Crippen LogP contribution in [0.4, 0.5) is 0 Å². The molecule has 2 saturated carbocycles. The lowest BCUT2D eigenvalue weighted by atomic mass is 9.46. The van der Waals surface area contributed by atoms with Crippen molar-refractivity contribution >= 4 is 5.97 Å². The number of hydrogen-bond acceptors (Lipinski definition) is 2. The average Bonchev–Trinajstić information content (AvgIpc) is 2.46. The quantitative estimate of drug-likeness (QED) is 0.730. The lowest BCUT2D eigenvalue weighted by molar-refractivity contribution is -0.164. The molecule has 23 heavy (non-hydrogen) atoms. The van der Waals surface area contributed by atoms with Crippen LogP contribution in [0.3, 0.4) is 0 Å². The lowest BCUT2D eigenvalue weighted by Crippen LogP contribution is -2.53. The zero-order chi connectivity index (χ0) is 17.3. The number of carbonyl (C=O) groups is 1. The highest BCUT2D eigenvalue weighted by molar-refractivity contribution is 5.75. The Morgan fingerprint density at radius 3 is 2.70 bits per heavy atom. The van der Waals surface area contributed by atoms with E-state index in [4.69, 9.17) is 5.11 Å².